The minimum Gasteiger partial charge on any atom is -0.357 e. The van der Waals surface area contributed by atoms with Crippen molar-refractivity contribution >= 4 is 24.2 Å². The maximum atomic E-state index is 12.3. The molecule has 2 fully saturated rings. The van der Waals surface area contributed by atoms with Crippen LogP contribution in [0.4, 0.5) is 0 Å². The molecule has 6 heteroatoms. The van der Waals surface area contributed by atoms with Crippen molar-refractivity contribution in [3.63, 3.8) is 0 Å². The van der Waals surface area contributed by atoms with Crippen LogP contribution in [0.1, 0.15) is 44.9 Å². The van der Waals surface area contributed by atoms with Crippen LogP contribution in [0, 0.1) is 0 Å². The molecule has 2 N–H and O–H groups in total. The molecule has 0 aliphatic carbocycles. The Morgan fingerprint density at radius 1 is 1.25 bits per heavy atom. The Labute approximate surface area is 127 Å². The number of likely N-dealkylation sites (tertiary alicyclic amines) is 1. The van der Waals surface area contributed by atoms with E-state index in [1.807, 2.05) is 0 Å². The van der Waals surface area contributed by atoms with Gasteiger partial charge in [-0.05, 0) is 45.1 Å². The summed E-state index contributed by atoms with van der Waals surface area (Å²) >= 11 is 0. The van der Waals surface area contributed by atoms with Crippen molar-refractivity contribution in [2.24, 2.45) is 0 Å². The highest BCUT2D eigenvalue weighted by molar-refractivity contribution is 5.87. The van der Waals surface area contributed by atoms with E-state index in [1.54, 1.807) is 11.9 Å². The number of carbonyl (C=O) groups is 2. The lowest BCUT2D eigenvalue weighted by Crippen LogP contribution is -2.51. The molecule has 2 heterocycles. The maximum absolute atomic E-state index is 12.3. The van der Waals surface area contributed by atoms with Crippen LogP contribution in [-0.2, 0) is 9.59 Å². The normalized spacial score (nSPS) is 25.9. The average Bonchev–Trinajstić information content (AvgIpc) is 2.97. The number of rotatable bonds is 4. The second kappa shape index (κ2) is 8.47. The van der Waals surface area contributed by atoms with Gasteiger partial charge in [0.05, 0.1) is 0 Å². The molecule has 0 aromatic heterocycles. The van der Waals surface area contributed by atoms with Gasteiger partial charge < -0.3 is 15.5 Å². The number of piperidine rings is 1. The molecule has 0 aromatic carbocycles. The van der Waals surface area contributed by atoms with E-state index in [0.29, 0.717) is 12.5 Å². The molecule has 0 saturated carbocycles. The zero-order chi connectivity index (χ0) is 13.7. The molecule has 2 atom stereocenters. The van der Waals surface area contributed by atoms with Crippen LogP contribution < -0.4 is 10.6 Å². The van der Waals surface area contributed by atoms with Crippen molar-refractivity contribution in [2.75, 3.05) is 20.1 Å². The Hall–Kier alpha value is -0.810. The van der Waals surface area contributed by atoms with Gasteiger partial charge in [0.2, 0.25) is 11.8 Å². The van der Waals surface area contributed by atoms with Crippen molar-refractivity contribution in [3.05, 3.63) is 0 Å². The van der Waals surface area contributed by atoms with Gasteiger partial charge >= 0.3 is 0 Å². The highest BCUT2D eigenvalue weighted by atomic mass is 35.5. The van der Waals surface area contributed by atoms with E-state index in [1.165, 1.54) is 12.8 Å². The first-order chi connectivity index (χ1) is 9.22. The number of nitrogens with zero attached hydrogens (tertiary/aromatic N) is 1. The van der Waals surface area contributed by atoms with Gasteiger partial charge in [0.25, 0.3) is 0 Å². The molecular weight excluding hydrogens is 278 g/mol. The van der Waals surface area contributed by atoms with Crippen molar-refractivity contribution < 1.29 is 9.59 Å². The van der Waals surface area contributed by atoms with Crippen LogP contribution in [0.15, 0.2) is 0 Å². The van der Waals surface area contributed by atoms with Gasteiger partial charge in [-0.2, -0.15) is 0 Å². The second-order valence-corrected chi connectivity index (χ2v) is 5.54. The molecule has 0 bridgehead atoms. The monoisotopic (exact) mass is 303 g/mol. The van der Waals surface area contributed by atoms with E-state index in [4.69, 9.17) is 0 Å². The lowest BCUT2D eigenvalue weighted by Gasteiger charge is -2.34. The summed E-state index contributed by atoms with van der Waals surface area (Å²) < 4.78 is 0. The topological polar surface area (TPSA) is 61.4 Å². The molecule has 2 saturated heterocycles. The van der Waals surface area contributed by atoms with Gasteiger partial charge in [-0.3, -0.25) is 9.59 Å². The summed E-state index contributed by atoms with van der Waals surface area (Å²) in [5, 5.41) is 6.08. The molecular formula is C14H26ClN3O2. The quantitative estimate of drug-likeness (QED) is 0.816. The van der Waals surface area contributed by atoms with Crippen LogP contribution in [-0.4, -0.2) is 48.9 Å². The highest BCUT2D eigenvalue weighted by Crippen LogP contribution is 2.20. The standard InChI is InChI=1S/C14H25N3O2.ClH/c1-15-14(19)12-6-2-3-10-17(12)13(18)8-7-11-5-4-9-16-11;/h11-12,16H,2-10H2,1H3,(H,15,19);1H. The molecule has 0 radical (unpaired) electrons. The fourth-order valence-electron chi connectivity index (χ4n) is 3.11. The van der Waals surface area contributed by atoms with Crippen molar-refractivity contribution in [1.29, 1.82) is 0 Å². The highest BCUT2D eigenvalue weighted by Gasteiger charge is 2.31. The van der Waals surface area contributed by atoms with Crippen molar-refractivity contribution in [3.8, 4) is 0 Å². The smallest absolute Gasteiger partial charge is 0.242 e. The third kappa shape index (κ3) is 4.35. The van der Waals surface area contributed by atoms with Crippen molar-refractivity contribution in [1.82, 2.24) is 15.5 Å². The van der Waals surface area contributed by atoms with Gasteiger partial charge in [-0.1, -0.05) is 0 Å². The van der Waals surface area contributed by atoms with E-state index in [2.05, 4.69) is 10.6 Å². The van der Waals surface area contributed by atoms with E-state index in [-0.39, 0.29) is 30.3 Å². The van der Waals surface area contributed by atoms with Crippen LogP contribution in [0.3, 0.4) is 0 Å². The summed E-state index contributed by atoms with van der Waals surface area (Å²) in [6, 6.07) is 0.245. The molecule has 116 valence electrons. The summed E-state index contributed by atoms with van der Waals surface area (Å²) in [5.74, 6) is 0.119. The van der Waals surface area contributed by atoms with Crippen LogP contribution in [0.2, 0.25) is 0 Å². The van der Waals surface area contributed by atoms with Gasteiger partial charge in [0.1, 0.15) is 6.04 Å². The number of amides is 2. The summed E-state index contributed by atoms with van der Waals surface area (Å²) in [5.41, 5.74) is 0. The number of carbonyl (C=O) groups excluding carboxylic acids is 2. The second-order valence-electron chi connectivity index (χ2n) is 5.54. The number of halogens is 1. The average molecular weight is 304 g/mol. The Balaban J connectivity index is 0.00000200. The molecule has 0 aromatic rings. The SMILES string of the molecule is CNC(=O)C1CCCCN1C(=O)CCC1CCCN1.Cl. The van der Waals surface area contributed by atoms with Crippen LogP contribution in [0.5, 0.6) is 0 Å². The predicted octanol–water partition coefficient (Wildman–Crippen LogP) is 1.07. The first-order valence-electron chi connectivity index (χ1n) is 7.47. The van der Waals surface area contributed by atoms with E-state index in [0.717, 1.165) is 38.8 Å². The minimum atomic E-state index is -0.247. The molecule has 2 unspecified atom stereocenters. The van der Waals surface area contributed by atoms with Gasteiger partial charge in [-0.25, -0.2) is 0 Å². The lowest BCUT2D eigenvalue weighted by molar-refractivity contribution is -0.142. The third-order valence-electron chi connectivity index (χ3n) is 4.24. The summed E-state index contributed by atoms with van der Waals surface area (Å²) in [7, 11) is 1.64. The first kappa shape index (κ1) is 17.2. The zero-order valence-corrected chi connectivity index (χ0v) is 13.0. The predicted molar refractivity (Wildman–Crippen MR) is 80.9 cm³/mol. The van der Waals surface area contributed by atoms with Gasteiger partial charge in [0, 0.05) is 26.1 Å². The van der Waals surface area contributed by atoms with Crippen LogP contribution >= 0.6 is 12.4 Å². The molecule has 20 heavy (non-hydrogen) atoms. The summed E-state index contributed by atoms with van der Waals surface area (Å²) in [6.45, 7) is 1.80. The van der Waals surface area contributed by atoms with E-state index >= 15 is 0 Å². The van der Waals surface area contributed by atoms with Gasteiger partial charge in [-0.15, -0.1) is 12.4 Å². The minimum absolute atomic E-state index is 0. The fraction of sp³-hybridized carbons (Fsp3) is 0.857. The molecule has 2 rings (SSSR count). The maximum Gasteiger partial charge on any atom is 0.242 e. The molecule has 5 nitrogen and oxygen atoms in total. The molecule has 2 aliphatic rings. The molecule has 2 amide bonds. The van der Waals surface area contributed by atoms with Crippen LogP contribution in [0.25, 0.3) is 0 Å². The number of likely N-dealkylation sites (N-methyl/N-ethyl adjacent to an activating group) is 1. The fourth-order valence-corrected chi connectivity index (χ4v) is 3.11. The molecule has 2 aliphatic heterocycles. The molecule has 0 spiro atoms. The van der Waals surface area contributed by atoms with E-state index in [9.17, 15) is 9.59 Å². The van der Waals surface area contributed by atoms with Gasteiger partial charge in [0.15, 0.2) is 0 Å². The Morgan fingerprint density at radius 2 is 2.05 bits per heavy atom. The number of hydrogen-bond acceptors (Lipinski definition) is 3. The lowest BCUT2D eigenvalue weighted by atomic mass is 10.00. The summed E-state index contributed by atoms with van der Waals surface area (Å²) in [6.07, 6.45) is 6.69. The Bertz CT molecular complexity index is 332. The number of nitrogens with one attached hydrogen (secondary N) is 2. The number of hydrogen-bond donors (Lipinski definition) is 2. The zero-order valence-electron chi connectivity index (χ0n) is 12.2. The Kier molecular flexibility index (Phi) is 7.30. The summed E-state index contributed by atoms with van der Waals surface area (Å²) in [4.78, 5) is 25.9. The Morgan fingerprint density at radius 3 is 2.70 bits per heavy atom. The first-order valence-corrected chi connectivity index (χ1v) is 7.47. The third-order valence-corrected chi connectivity index (χ3v) is 4.24. The van der Waals surface area contributed by atoms with Crippen molar-refractivity contribution in [2.45, 2.75) is 57.0 Å². The van der Waals surface area contributed by atoms with E-state index < -0.39 is 0 Å². The largest absolute Gasteiger partial charge is 0.357 e.